The zero-order chi connectivity index (χ0) is 18.1. The summed E-state index contributed by atoms with van der Waals surface area (Å²) in [5, 5.41) is 22.5. The normalized spacial score (nSPS) is 23.4. The van der Waals surface area contributed by atoms with Crippen molar-refractivity contribution in [1.29, 1.82) is 0 Å². The Morgan fingerprint density at radius 2 is 2.12 bits per heavy atom. The number of carboxylic acid groups (broad SMARTS) is 1. The van der Waals surface area contributed by atoms with Crippen LogP contribution in [0.25, 0.3) is 0 Å². The summed E-state index contributed by atoms with van der Waals surface area (Å²) in [5.74, 6) is -1.93. The van der Waals surface area contributed by atoms with Crippen molar-refractivity contribution in [2.24, 2.45) is 17.8 Å². The van der Waals surface area contributed by atoms with Gasteiger partial charge in [-0.15, -0.1) is 0 Å². The fraction of sp³-hybridized carbons (Fsp3) is 0.722. The van der Waals surface area contributed by atoms with Crippen LogP contribution in [0.15, 0.2) is 12.2 Å². The van der Waals surface area contributed by atoms with E-state index < -0.39 is 12.0 Å². The highest BCUT2D eigenvalue weighted by Crippen LogP contribution is 2.34. The Bertz CT molecular complexity index is 474. The van der Waals surface area contributed by atoms with Gasteiger partial charge in [-0.05, 0) is 31.1 Å². The molecule has 1 saturated carbocycles. The number of allylic oxidation sites excluding steroid dienone is 1. The average Bonchev–Trinajstić information content (AvgIpc) is 2.88. The molecule has 0 spiro atoms. The van der Waals surface area contributed by atoms with Crippen LogP contribution in [0.5, 0.6) is 0 Å². The van der Waals surface area contributed by atoms with Gasteiger partial charge in [-0.2, -0.15) is 0 Å². The van der Waals surface area contributed by atoms with E-state index in [0.717, 1.165) is 0 Å². The minimum atomic E-state index is -1.27. The summed E-state index contributed by atoms with van der Waals surface area (Å²) in [4.78, 5) is 35.4. The number of carbonyl (C=O) groups is 3. The molecule has 2 N–H and O–H groups in total. The molecule has 0 heterocycles. The van der Waals surface area contributed by atoms with Crippen LogP contribution in [0.1, 0.15) is 52.4 Å². The van der Waals surface area contributed by atoms with Gasteiger partial charge in [-0.25, -0.2) is 0 Å². The van der Waals surface area contributed by atoms with Gasteiger partial charge in [0.2, 0.25) is 5.91 Å². The summed E-state index contributed by atoms with van der Waals surface area (Å²) in [6, 6.07) is -0.998. The Kier molecular flexibility index (Phi) is 8.68. The van der Waals surface area contributed by atoms with Gasteiger partial charge in [-0.1, -0.05) is 32.4 Å². The van der Waals surface area contributed by atoms with Crippen molar-refractivity contribution in [3.63, 3.8) is 0 Å². The summed E-state index contributed by atoms with van der Waals surface area (Å²) < 4.78 is 0. The van der Waals surface area contributed by atoms with Crippen LogP contribution in [-0.2, 0) is 14.4 Å². The second-order valence-electron chi connectivity index (χ2n) is 6.54. The summed E-state index contributed by atoms with van der Waals surface area (Å²) in [5.41, 5.74) is 0. The Hall–Kier alpha value is -1.69. The van der Waals surface area contributed by atoms with Crippen LogP contribution in [-0.4, -0.2) is 35.4 Å². The molecule has 0 bridgehead atoms. The number of hydrogen-bond donors (Lipinski definition) is 2. The molecule has 24 heavy (non-hydrogen) atoms. The van der Waals surface area contributed by atoms with Crippen LogP contribution in [0.4, 0.5) is 0 Å². The van der Waals surface area contributed by atoms with Crippen molar-refractivity contribution in [3.05, 3.63) is 12.2 Å². The number of aliphatic hydroxyl groups excluding tert-OH is 1. The standard InChI is InChI=1S/C18H29NO5/c1-3-12(2)17(18(23)24)19-16(22)11-13-8-9-15(21)14(13)7-5-4-6-10-20/h4-5,12-14,17,20H,3,6-11H2,1-2H3,(H,19,22)(H,23,24)/p-1/b5-4-/t12-,13+,14?,17-/m0/s1. The van der Waals surface area contributed by atoms with E-state index in [1.807, 2.05) is 19.1 Å². The fourth-order valence-electron chi connectivity index (χ4n) is 3.12. The number of rotatable bonds is 10. The molecule has 1 unspecified atom stereocenters. The number of ketones is 1. The van der Waals surface area contributed by atoms with E-state index in [9.17, 15) is 19.5 Å². The van der Waals surface area contributed by atoms with E-state index in [2.05, 4.69) is 5.32 Å². The molecule has 6 heteroatoms. The molecule has 136 valence electrons. The van der Waals surface area contributed by atoms with Crippen molar-refractivity contribution >= 4 is 17.7 Å². The molecule has 1 aliphatic carbocycles. The molecule has 0 aromatic rings. The first-order chi connectivity index (χ1) is 11.4. The number of aliphatic carboxylic acids is 1. The van der Waals surface area contributed by atoms with E-state index >= 15 is 0 Å². The van der Waals surface area contributed by atoms with Gasteiger partial charge in [0.1, 0.15) is 5.78 Å². The monoisotopic (exact) mass is 338 g/mol. The number of nitrogens with one attached hydrogen (secondary N) is 1. The number of hydrogen-bond acceptors (Lipinski definition) is 5. The summed E-state index contributed by atoms with van der Waals surface area (Å²) in [6.07, 6.45) is 6.72. The Morgan fingerprint density at radius 3 is 2.71 bits per heavy atom. The average molecular weight is 338 g/mol. The lowest BCUT2D eigenvalue weighted by atomic mass is 9.89. The maximum Gasteiger partial charge on any atom is 0.220 e. The van der Waals surface area contributed by atoms with Gasteiger partial charge in [0.15, 0.2) is 0 Å². The van der Waals surface area contributed by atoms with Crippen LogP contribution in [0.2, 0.25) is 0 Å². The van der Waals surface area contributed by atoms with Crippen LogP contribution in [0.3, 0.4) is 0 Å². The van der Waals surface area contributed by atoms with Crippen LogP contribution < -0.4 is 10.4 Å². The molecule has 4 atom stereocenters. The van der Waals surface area contributed by atoms with Crippen molar-refractivity contribution < 1.29 is 24.6 Å². The van der Waals surface area contributed by atoms with E-state index in [-0.39, 0.29) is 42.5 Å². The van der Waals surface area contributed by atoms with Gasteiger partial charge in [0, 0.05) is 25.4 Å². The quantitative estimate of drug-likeness (QED) is 0.567. The minimum Gasteiger partial charge on any atom is -0.548 e. The highest BCUT2D eigenvalue weighted by Gasteiger charge is 2.35. The molecule has 1 aliphatic rings. The predicted molar refractivity (Wildman–Crippen MR) is 87.7 cm³/mol. The predicted octanol–water partition coefficient (Wildman–Crippen LogP) is 0.581. The second kappa shape index (κ2) is 10.2. The van der Waals surface area contributed by atoms with E-state index in [0.29, 0.717) is 32.1 Å². The first kappa shape index (κ1) is 20.4. The lowest BCUT2D eigenvalue weighted by molar-refractivity contribution is -0.309. The Morgan fingerprint density at radius 1 is 1.42 bits per heavy atom. The fourth-order valence-corrected chi connectivity index (χ4v) is 3.12. The van der Waals surface area contributed by atoms with Crippen molar-refractivity contribution in [2.75, 3.05) is 6.61 Å². The third-order valence-corrected chi connectivity index (χ3v) is 4.83. The van der Waals surface area contributed by atoms with Gasteiger partial charge >= 0.3 is 0 Å². The first-order valence-electron chi connectivity index (χ1n) is 8.69. The highest BCUT2D eigenvalue weighted by molar-refractivity contribution is 5.86. The number of aliphatic hydroxyl groups is 1. The Balaban J connectivity index is 2.60. The number of amides is 1. The largest absolute Gasteiger partial charge is 0.548 e. The lowest BCUT2D eigenvalue weighted by Gasteiger charge is -2.26. The molecular weight excluding hydrogens is 310 g/mol. The van der Waals surface area contributed by atoms with Gasteiger partial charge in [0.05, 0.1) is 12.0 Å². The zero-order valence-corrected chi connectivity index (χ0v) is 14.5. The topological polar surface area (TPSA) is 107 Å². The SMILES string of the molecule is CC[C@H](C)[C@H](NC(=O)C[C@H]1CCC(=O)C1C/C=C\CCO)C(=O)[O-]. The number of Topliss-reactive ketones (excluding diaryl/α,β-unsaturated/α-hetero) is 1. The molecule has 0 radical (unpaired) electrons. The van der Waals surface area contributed by atoms with Crippen molar-refractivity contribution in [1.82, 2.24) is 5.32 Å². The van der Waals surface area contributed by atoms with Crippen molar-refractivity contribution in [3.8, 4) is 0 Å². The molecule has 0 saturated heterocycles. The van der Waals surface area contributed by atoms with Gasteiger partial charge < -0.3 is 20.3 Å². The van der Waals surface area contributed by atoms with E-state index in [1.165, 1.54) is 0 Å². The molecule has 0 aromatic carbocycles. The smallest absolute Gasteiger partial charge is 0.220 e. The molecule has 1 rings (SSSR count). The third kappa shape index (κ3) is 6.07. The molecule has 0 aliphatic heterocycles. The van der Waals surface area contributed by atoms with Crippen LogP contribution in [0, 0.1) is 17.8 Å². The van der Waals surface area contributed by atoms with Gasteiger partial charge in [0.25, 0.3) is 0 Å². The number of carboxylic acids is 1. The molecular formula is C18H28NO5-. The molecule has 1 fully saturated rings. The first-order valence-corrected chi connectivity index (χ1v) is 8.69. The zero-order valence-electron chi connectivity index (χ0n) is 14.5. The molecule has 0 aromatic heterocycles. The van der Waals surface area contributed by atoms with E-state index in [1.54, 1.807) is 6.92 Å². The molecule has 6 nitrogen and oxygen atoms in total. The summed E-state index contributed by atoms with van der Waals surface area (Å²) >= 11 is 0. The van der Waals surface area contributed by atoms with Crippen LogP contribution >= 0.6 is 0 Å². The highest BCUT2D eigenvalue weighted by atomic mass is 16.4. The molecule has 1 amide bonds. The maximum atomic E-state index is 12.2. The second-order valence-corrected chi connectivity index (χ2v) is 6.54. The van der Waals surface area contributed by atoms with E-state index in [4.69, 9.17) is 5.11 Å². The Labute approximate surface area is 143 Å². The maximum absolute atomic E-state index is 12.2. The number of carbonyl (C=O) groups excluding carboxylic acids is 3. The summed E-state index contributed by atoms with van der Waals surface area (Å²) in [6.45, 7) is 3.69. The van der Waals surface area contributed by atoms with Crippen molar-refractivity contribution in [2.45, 2.75) is 58.4 Å². The third-order valence-electron chi connectivity index (χ3n) is 4.83. The minimum absolute atomic E-state index is 0.0596. The summed E-state index contributed by atoms with van der Waals surface area (Å²) in [7, 11) is 0. The van der Waals surface area contributed by atoms with Gasteiger partial charge in [-0.3, -0.25) is 9.59 Å². The lowest BCUT2D eigenvalue weighted by Crippen LogP contribution is -2.51.